The quantitative estimate of drug-likeness (QED) is 0.726. The second-order valence-electron chi connectivity index (χ2n) is 6.44. The summed E-state index contributed by atoms with van der Waals surface area (Å²) in [6, 6.07) is 0. The molecule has 0 radical (unpaired) electrons. The molecule has 3 saturated carbocycles. The Balaban J connectivity index is 1.84. The van der Waals surface area contributed by atoms with Gasteiger partial charge in [0.25, 0.3) is 0 Å². The zero-order valence-electron chi connectivity index (χ0n) is 10.3. The van der Waals surface area contributed by atoms with Gasteiger partial charge in [-0.25, -0.2) is 0 Å². The normalized spacial score (nSPS) is 49.5. The van der Waals surface area contributed by atoms with Gasteiger partial charge in [0.05, 0.1) is 11.5 Å². The molecule has 0 amide bonds. The molecule has 17 heavy (non-hydrogen) atoms. The molecule has 3 heteroatoms. The van der Waals surface area contributed by atoms with Gasteiger partial charge >= 0.3 is 5.97 Å². The van der Waals surface area contributed by atoms with Gasteiger partial charge in [-0.2, -0.15) is 0 Å². The van der Waals surface area contributed by atoms with E-state index < -0.39 is 11.4 Å². The number of carboxylic acid groups (broad SMARTS) is 1. The second-order valence-corrected chi connectivity index (χ2v) is 6.44. The first-order valence-electron chi connectivity index (χ1n) is 7.05. The van der Waals surface area contributed by atoms with Crippen LogP contribution in [0.3, 0.4) is 0 Å². The van der Waals surface area contributed by atoms with E-state index in [-0.39, 0.29) is 12.0 Å². The third-order valence-electron chi connectivity index (χ3n) is 5.44. The summed E-state index contributed by atoms with van der Waals surface area (Å²) in [6.07, 6.45) is 7.51. The highest BCUT2D eigenvalue weighted by Gasteiger charge is 2.61. The first-order valence-corrected chi connectivity index (χ1v) is 7.05. The minimum absolute atomic E-state index is 0.00954. The van der Waals surface area contributed by atoms with Gasteiger partial charge in [0.15, 0.2) is 0 Å². The van der Waals surface area contributed by atoms with E-state index in [4.69, 9.17) is 0 Å². The zero-order chi connectivity index (χ0) is 12.0. The SMILES string of the molecule is O=C(O)C1(C2CCCCCC2O)CC2CC2C1. The third kappa shape index (κ3) is 1.79. The lowest BCUT2D eigenvalue weighted by molar-refractivity contribution is -0.157. The highest BCUT2D eigenvalue weighted by molar-refractivity contribution is 5.76. The summed E-state index contributed by atoms with van der Waals surface area (Å²) in [6.45, 7) is 0. The molecule has 0 aromatic carbocycles. The van der Waals surface area contributed by atoms with Crippen molar-refractivity contribution in [3.8, 4) is 0 Å². The maximum absolute atomic E-state index is 11.7. The first kappa shape index (κ1) is 11.5. The molecule has 3 aliphatic carbocycles. The Morgan fingerprint density at radius 2 is 1.71 bits per heavy atom. The largest absolute Gasteiger partial charge is 0.481 e. The fourth-order valence-electron chi connectivity index (χ4n) is 4.40. The van der Waals surface area contributed by atoms with E-state index in [0.717, 1.165) is 44.9 Å². The summed E-state index contributed by atoms with van der Waals surface area (Å²) in [7, 11) is 0. The Hall–Kier alpha value is -0.570. The number of aliphatic carboxylic acids is 1. The van der Waals surface area contributed by atoms with Crippen molar-refractivity contribution < 1.29 is 15.0 Å². The first-order chi connectivity index (χ1) is 8.13. The van der Waals surface area contributed by atoms with Crippen LogP contribution in [0.1, 0.15) is 51.4 Å². The van der Waals surface area contributed by atoms with Crippen LogP contribution < -0.4 is 0 Å². The maximum Gasteiger partial charge on any atom is 0.310 e. The molecule has 0 saturated heterocycles. The number of aliphatic hydroxyl groups is 1. The van der Waals surface area contributed by atoms with Gasteiger partial charge in [0, 0.05) is 5.92 Å². The molecule has 3 rings (SSSR count). The van der Waals surface area contributed by atoms with Crippen LogP contribution in [0.5, 0.6) is 0 Å². The van der Waals surface area contributed by atoms with Gasteiger partial charge in [-0.15, -0.1) is 0 Å². The van der Waals surface area contributed by atoms with E-state index in [1.54, 1.807) is 0 Å². The molecular weight excluding hydrogens is 216 g/mol. The van der Waals surface area contributed by atoms with Crippen molar-refractivity contribution in [1.82, 2.24) is 0 Å². The van der Waals surface area contributed by atoms with Gasteiger partial charge in [0.1, 0.15) is 0 Å². The van der Waals surface area contributed by atoms with Crippen LogP contribution in [0.2, 0.25) is 0 Å². The Kier molecular flexibility index (Phi) is 2.69. The van der Waals surface area contributed by atoms with Gasteiger partial charge in [0.2, 0.25) is 0 Å². The predicted octanol–water partition coefficient (Wildman–Crippen LogP) is 2.43. The molecule has 2 N–H and O–H groups in total. The molecule has 4 unspecified atom stereocenters. The van der Waals surface area contributed by atoms with E-state index in [0.29, 0.717) is 11.8 Å². The lowest BCUT2D eigenvalue weighted by Gasteiger charge is -2.37. The molecule has 0 aromatic heterocycles. The third-order valence-corrected chi connectivity index (χ3v) is 5.44. The van der Waals surface area contributed by atoms with E-state index in [1.165, 1.54) is 6.42 Å². The smallest absolute Gasteiger partial charge is 0.310 e. The lowest BCUT2D eigenvalue weighted by atomic mass is 9.67. The fourth-order valence-corrected chi connectivity index (χ4v) is 4.40. The van der Waals surface area contributed by atoms with Gasteiger partial charge < -0.3 is 10.2 Å². The molecular formula is C14H22O3. The summed E-state index contributed by atoms with van der Waals surface area (Å²) in [5.74, 6) is 0.675. The number of rotatable bonds is 2. The molecule has 3 aliphatic rings. The molecule has 0 aromatic rings. The monoisotopic (exact) mass is 238 g/mol. The summed E-state index contributed by atoms with van der Waals surface area (Å²) in [5.41, 5.74) is -0.586. The van der Waals surface area contributed by atoms with Crippen molar-refractivity contribution in [2.24, 2.45) is 23.2 Å². The van der Waals surface area contributed by atoms with Crippen molar-refractivity contribution in [3.05, 3.63) is 0 Å². The Morgan fingerprint density at radius 1 is 1.06 bits per heavy atom. The van der Waals surface area contributed by atoms with Crippen molar-refractivity contribution in [1.29, 1.82) is 0 Å². The van der Waals surface area contributed by atoms with Crippen molar-refractivity contribution >= 4 is 5.97 Å². The van der Waals surface area contributed by atoms with Gasteiger partial charge in [-0.05, 0) is 43.9 Å². The number of fused-ring (bicyclic) bond motifs is 1. The molecule has 0 bridgehead atoms. The van der Waals surface area contributed by atoms with Crippen molar-refractivity contribution in [2.75, 3.05) is 0 Å². The van der Waals surface area contributed by atoms with Crippen molar-refractivity contribution in [3.63, 3.8) is 0 Å². The molecule has 4 atom stereocenters. The highest BCUT2D eigenvalue weighted by atomic mass is 16.4. The number of carbonyl (C=O) groups is 1. The van der Waals surface area contributed by atoms with Gasteiger partial charge in [-0.3, -0.25) is 4.79 Å². The van der Waals surface area contributed by atoms with E-state index in [1.807, 2.05) is 0 Å². The number of hydrogen-bond acceptors (Lipinski definition) is 2. The molecule has 96 valence electrons. The van der Waals surface area contributed by atoms with Crippen molar-refractivity contribution in [2.45, 2.75) is 57.5 Å². The Labute approximate surface area is 102 Å². The summed E-state index contributed by atoms with van der Waals surface area (Å²) in [5, 5.41) is 19.9. The van der Waals surface area contributed by atoms with Crippen LogP contribution in [-0.4, -0.2) is 22.3 Å². The van der Waals surface area contributed by atoms with E-state index >= 15 is 0 Å². The number of aliphatic hydroxyl groups excluding tert-OH is 1. The van der Waals surface area contributed by atoms with Crippen LogP contribution >= 0.6 is 0 Å². The Morgan fingerprint density at radius 3 is 2.35 bits per heavy atom. The van der Waals surface area contributed by atoms with Crippen LogP contribution in [0, 0.1) is 23.2 Å². The molecule has 0 spiro atoms. The number of hydrogen-bond donors (Lipinski definition) is 2. The molecule has 0 aliphatic heterocycles. The highest BCUT2D eigenvalue weighted by Crippen LogP contribution is 2.63. The minimum atomic E-state index is -0.643. The maximum atomic E-state index is 11.7. The molecule has 3 fully saturated rings. The van der Waals surface area contributed by atoms with E-state index in [2.05, 4.69) is 0 Å². The fraction of sp³-hybridized carbons (Fsp3) is 0.929. The average Bonchev–Trinajstić information content (AvgIpc) is 2.96. The lowest BCUT2D eigenvalue weighted by Crippen LogP contribution is -2.43. The van der Waals surface area contributed by atoms with Crippen LogP contribution in [0.25, 0.3) is 0 Å². The second kappa shape index (κ2) is 3.98. The number of carboxylic acids is 1. The molecule has 0 heterocycles. The van der Waals surface area contributed by atoms with Crippen LogP contribution in [-0.2, 0) is 4.79 Å². The summed E-state index contributed by atoms with van der Waals surface area (Å²) < 4.78 is 0. The molecule has 3 nitrogen and oxygen atoms in total. The topological polar surface area (TPSA) is 57.5 Å². The minimum Gasteiger partial charge on any atom is -0.481 e. The van der Waals surface area contributed by atoms with E-state index in [9.17, 15) is 15.0 Å². The van der Waals surface area contributed by atoms with Crippen LogP contribution in [0.15, 0.2) is 0 Å². The standard InChI is InChI=1S/C14H22O3/c15-12-5-3-1-2-4-11(12)14(13(16)17)7-9-6-10(9)8-14/h9-12,15H,1-8H2,(H,16,17). The van der Waals surface area contributed by atoms with Gasteiger partial charge in [-0.1, -0.05) is 19.3 Å². The summed E-state index contributed by atoms with van der Waals surface area (Å²) in [4.78, 5) is 11.7. The Bertz CT molecular complexity index is 315. The summed E-state index contributed by atoms with van der Waals surface area (Å²) >= 11 is 0. The predicted molar refractivity (Wildman–Crippen MR) is 63.5 cm³/mol. The zero-order valence-corrected chi connectivity index (χ0v) is 10.3. The average molecular weight is 238 g/mol. The van der Waals surface area contributed by atoms with Crippen LogP contribution in [0.4, 0.5) is 0 Å².